The molecular formula is C14H13ClN4. The summed E-state index contributed by atoms with van der Waals surface area (Å²) in [6.07, 6.45) is 1.76. The van der Waals surface area contributed by atoms with Gasteiger partial charge in [-0.3, -0.25) is 4.98 Å². The number of pyridine rings is 1. The Bertz CT molecular complexity index is 762. The minimum atomic E-state index is 0.604. The van der Waals surface area contributed by atoms with E-state index >= 15 is 0 Å². The maximum atomic E-state index is 6.34. The van der Waals surface area contributed by atoms with Crippen LogP contribution in [0.2, 0.25) is 5.15 Å². The number of aryl methyl sites for hydroxylation is 2. The molecule has 0 radical (unpaired) electrons. The molecule has 0 saturated heterocycles. The third kappa shape index (κ3) is 1.79. The quantitative estimate of drug-likeness (QED) is 0.638. The second-order valence-corrected chi connectivity index (χ2v) is 4.88. The second-order valence-electron chi connectivity index (χ2n) is 4.52. The molecule has 0 fully saturated rings. The van der Waals surface area contributed by atoms with Crippen molar-refractivity contribution < 1.29 is 0 Å². The zero-order chi connectivity index (χ0) is 13.6. The van der Waals surface area contributed by atoms with E-state index in [1.54, 1.807) is 10.7 Å². The van der Waals surface area contributed by atoms with Gasteiger partial charge >= 0.3 is 0 Å². The zero-order valence-corrected chi connectivity index (χ0v) is 11.7. The van der Waals surface area contributed by atoms with Gasteiger partial charge in [-0.15, -0.1) is 0 Å². The molecule has 5 heteroatoms. The Morgan fingerprint density at radius 3 is 2.58 bits per heavy atom. The molecule has 0 spiro atoms. The van der Waals surface area contributed by atoms with Crippen molar-refractivity contribution in [3.05, 3.63) is 46.5 Å². The first kappa shape index (κ1) is 12.1. The van der Waals surface area contributed by atoms with E-state index in [0.717, 1.165) is 33.9 Å². The van der Waals surface area contributed by atoms with E-state index in [2.05, 4.69) is 15.1 Å². The Labute approximate surface area is 116 Å². The first-order valence-electron chi connectivity index (χ1n) is 6.03. The molecule has 19 heavy (non-hydrogen) atoms. The van der Waals surface area contributed by atoms with Crippen molar-refractivity contribution >= 4 is 17.2 Å². The lowest BCUT2D eigenvalue weighted by atomic mass is 10.1. The molecular weight excluding hydrogens is 260 g/mol. The summed E-state index contributed by atoms with van der Waals surface area (Å²) in [7, 11) is 0. The molecule has 0 aromatic carbocycles. The molecule has 0 aliphatic heterocycles. The van der Waals surface area contributed by atoms with Gasteiger partial charge in [-0.25, -0.2) is 9.50 Å². The smallest absolute Gasteiger partial charge is 0.166 e. The zero-order valence-electron chi connectivity index (χ0n) is 11.0. The summed E-state index contributed by atoms with van der Waals surface area (Å²) >= 11 is 6.34. The van der Waals surface area contributed by atoms with Crippen LogP contribution >= 0.6 is 11.6 Å². The number of rotatable bonds is 1. The molecule has 0 aliphatic carbocycles. The van der Waals surface area contributed by atoms with Crippen LogP contribution in [0, 0.1) is 20.8 Å². The summed E-state index contributed by atoms with van der Waals surface area (Å²) in [6, 6.07) is 5.79. The predicted molar refractivity (Wildman–Crippen MR) is 75.4 cm³/mol. The van der Waals surface area contributed by atoms with E-state index in [0.29, 0.717) is 5.15 Å². The first-order valence-corrected chi connectivity index (χ1v) is 6.41. The standard InChI is InChI=1S/C14H13ClN4/c1-8-9(2)17-14-12(11-6-4-5-7-16-11)10(3)18-19(14)13(8)15/h4-7H,1-3H3. The van der Waals surface area contributed by atoms with Gasteiger partial charge in [0, 0.05) is 17.5 Å². The van der Waals surface area contributed by atoms with E-state index in [1.807, 2.05) is 39.0 Å². The number of fused-ring (bicyclic) bond motifs is 1. The summed E-state index contributed by atoms with van der Waals surface area (Å²) in [5.74, 6) is 0. The average Bonchev–Trinajstić information content (AvgIpc) is 2.74. The van der Waals surface area contributed by atoms with Crippen LogP contribution in [0.4, 0.5) is 0 Å². The van der Waals surface area contributed by atoms with E-state index in [-0.39, 0.29) is 0 Å². The molecule has 0 bridgehead atoms. The normalized spacial score (nSPS) is 11.2. The number of halogens is 1. The van der Waals surface area contributed by atoms with Gasteiger partial charge in [0.05, 0.1) is 17.0 Å². The summed E-state index contributed by atoms with van der Waals surface area (Å²) in [6.45, 7) is 5.84. The highest BCUT2D eigenvalue weighted by molar-refractivity contribution is 6.30. The Morgan fingerprint density at radius 2 is 1.89 bits per heavy atom. The molecule has 0 aliphatic rings. The third-order valence-corrected chi connectivity index (χ3v) is 3.71. The van der Waals surface area contributed by atoms with Crippen molar-refractivity contribution in [3.63, 3.8) is 0 Å². The van der Waals surface area contributed by atoms with E-state index in [9.17, 15) is 0 Å². The Hall–Kier alpha value is -1.94. The highest BCUT2D eigenvalue weighted by atomic mass is 35.5. The van der Waals surface area contributed by atoms with Crippen molar-refractivity contribution in [1.82, 2.24) is 19.6 Å². The first-order chi connectivity index (χ1) is 9.09. The lowest BCUT2D eigenvalue weighted by Gasteiger charge is -2.05. The SMILES string of the molecule is Cc1nc2c(-c3ccccn3)c(C)nn2c(Cl)c1C. The van der Waals surface area contributed by atoms with Gasteiger partial charge in [0.1, 0.15) is 5.15 Å². The van der Waals surface area contributed by atoms with Gasteiger partial charge in [0.2, 0.25) is 0 Å². The van der Waals surface area contributed by atoms with Crippen LogP contribution in [0.1, 0.15) is 17.0 Å². The molecule has 0 unspecified atom stereocenters. The largest absolute Gasteiger partial charge is 0.256 e. The van der Waals surface area contributed by atoms with Crippen LogP contribution in [0.5, 0.6) is 0 Å². The fourth-order valence-corrected chi connectivity index (χ4v) is 2.37. The molecule has 96 valence electrons. The molecule has 0 saturated carbocycles. The van der Waals surface area contributed by atoms with E-state index in [1.165, 1.54) is 0 Å². The molecule has 0 atom stereocenters. The fraction of sp³-hybridized carbons (Fsp3) is 0.214. The number of aromatic nitrogens is 4. The van der Waals surface area contributed by atoms with Crippen LogP contribution in [-0.2, 0) is 0 Å². The number of nitrogens with zero attached hydrogens (tertiary/aromatic N) is 4. The molecule has 0 amide bonds. The Balaban J connectivity index is 2.41. The van der Waals surface area contributed by atoms with Crippen molar-refractivity contribution in [2.45, 2.75) is 20.8 Å². The lowest BCUT2D eigenvalue weighted by Crippen LogP contribution is -1.99. The topological polar surface area (TPSA) is 43.1 Å². The minimum absolute atomic E-state index is 0.604. The highest BCUT2D eigenvalue weighted by Gasteiger charge is 2.17. The number of hydrogen-bond acceptors (Lipinski definition) is 3. The van der Waals surface area contributed by atoms with Crippen LogP contribution in [0.25, 0.3) is 16.9 Å². The Kier molecular flexibility index (Phi) is 2.75. The maximum Gasteiger partial charge on any atom is 0.166 e. The predicted octanol–water partition coefficient (Wildman–Crippen LogP) is 3.37. The van der Waals surface area contributed by atoms with Crippen molar-refractivity contribution in [3.8, 4) is 11.3 Å². The summed E-state index contributed by atoms with van der Waals surface area (Å²) < 4.78 is 1.68. The molecule has 4 nitrogen and oxygen atoms in total. The molecule has 0 N–H and O–H groups in total. The Morgan fingerprint density at radius 1 is 1.11 bits per heavy atom. The summed E-state index contributed by atoms with van der Waals surface area (Å²) in [5, 5.41) is 5.08. The monoisotopic (exact) mass is 272 g/mol. The van der Waals surface area contributed by atoms with E-state index < -0.39 is 0 Å². The molecule has 3 rings (SSSR count). The van der Waals surface area contributed by atoms with Crippen LogP contribution in [0.15, 0.2) is 24.4 Å². The molecule has 3 heterocycles. The van der Waals surface area contributed by atoms with Crippen molar-refractivity contribution in [2.75, 3.05) is 0 Å². The minimum Gasteiger partial charge on any atom is -0.256 e. The van der Waals surface area contributed by atoms with Gasteiger partial charge in [0.15, 0.2) is 5.65 Å². The number of hydrogen-bond donors (Lipinski definition) is 0. The summed E-state index contributed by atoms with van der Waals surface area (Å²) in [5.41, 5.74) is 5.29. The van der Waals surface area contributed by atoms with Gasteiger partial charge in [0.25, 0.3) is 0 Å². The highest BCUT2D eigenvalue weighted by Crippen LogP contribution is 2.29. The average molecular weight is 273 g/mol. The van der Waals surface area contributed by atoms with Crippen LogP contribution in [-0.4, -0.2) is 19.6 Å². The maximum absolute atomic E-state index is 6.34. The summed E-state index contributed by atoms with van der Waals surface area (Å²) in [4.78, 5) is 8.99. The molecule has 3 aromatic heterocycles. The fourth-order valence-electron chi connectivity index (χ4n) is 2.12. The third-order valence-electron chi connectivity index (χ3n) is 3.27. The van der Waals surface area contributed by atoms with Gasteiger partial charge in [-0.1, -0.05) is 17.7 Å². The lowest BCUT2D eigenvalue weighted by molar-refractivity contribution is 0.898. The van der Waals surface area contributed by atoms with Crippen molar-refractivity contribution in [1.29, 1.82) is 0 Å². The van der Waals surface area contributed by atoms with Crippen molar-refractivity contribution in [2.24, 2.45) is 0 Å². The van der Waals surface area contributed by atoms with Crippen LogP contribution in [0.3, 0.4) is 0 Å². The van der Waals surface area contributed by atoms with Gasteiger partial charge < -0.3 is 0 Å². The van der Waals surface area contributed by atoms with Gasteiger partial charge in [-0.05, 0) is 32.9 Å². The molecule has 3 aromatic rings. The van der Waals surface area contributed by atoms with Crippen LogP contribution < -0.4 is 0 Å². The second kappa shape index (κ2) is 4.31. The van der Waals surface area contributed by atoms with E-state index in [4.69, 9.17) is 11.6 Å². The van der Waals surface area contributed by atoms with Gasteiger partial charge in [-0.2, -0.15) is 5.10 Å².